The summed E-state index contributed by atoms with van der Waals surface area (Å²) >= 11 is 0. The number of H-pyrrole nitrogens is 1. The SMILES string of the molecule is N#Cc1c(NCCc2ccccc2)cc[nH]c1=O. The van der Waals surface area contributed by atoms with Crippen molar-refractivity contribution in [2.45, 2.75) is 6.42 Å². The molecule has 0 fully saturated rings. The van der Waals surface area contributed by atoms with E-state index in [1.807, 2.05) is 36.4 Å². The van der Waals surface area contributed by atoms with Gasteiger partial charge in [-0.15, -0.1) is 0 Å². The number of aromatic amines is 1. The number of nitrogens with zero attached hydrogens (tertiary/aromatic N) is 1. The van der Waals surface area contributed by atoms with E-state index in [0.717, 1.165) is 6.42 Å². The highest BCUT2D eigenvalue weighted by molar-refractivity contribution is 5.55. The Balaban J connectivity index is 2.02. The van der Waals surface area contributed by atoms with Crippen LogP contribution in [0.3, 0.4) is 0 Å². The minimum Gasteiger partial charge on any atom is -0.383 e. The number of anilines is 1. The molecule has 0 saturated heterocycles. The zero-order valence-corrected chi connectivity index (χ0v) is 9.81. The van der Waals surface area contributed by atoms with Crippen LogP contribution in [0.5, 0.6) is 0 Å². The lowest BCUT2D eigenvalue weighted by molar-refractivity contribution is 1.01. The fourth-order valence-corrected chi connectivity index (χ4v) is 1.72. The molecule has 1 aromatic heterocycles. The van der Waals surface area contributed by atoms with Crippen LogP contribution in [0.2, 0.25) is 0 Å². The van der Waals surface area contributed by atoms with Crippen molar-refractivity contribution in [2.24, 2.45) is 0 Å². The Morgan fingerprint density at radius 2 is 2.00 bits per heavy atom. The normalized spacial score (nSPS) is 9.72. The van der Waals surface area contributed by atoms with Gasteiger partial charge in [-0.1, -0.05) is 30.3 Å². The highest BCUT2D eigenvalue weighted by Gasteiger charge is 2.04. The molecule has 4 heteroatoms. The summed E-state index contributed by atoms with van der Waals surface area (Å²) in [7, 11) is 0. The number of nitrogens with one attached hydrogen (secondary N) is 2. The van der Waals surface area contributed by atoms with Crippen molar-refractivity contribution in [1.82, 2.24) is 4.98 Å². The standard InChI is InChI=1S/C14H13N3O/c15-10-12-13(7-9-17-14(12)18)16-8-6-11-4-2-1-3-5-11/h1-5,7,9H,6,8H2,(H2,16,17,18). The lowest BCUT2D eigenvalue weighted by Crippen LogP contribution is -2.14. The largest absolute Gasteiger partial charge is 0.383 e. The Morgan fingerprint density at radius 3 is 2.72 bits per heavy atom. The van der Waals surface area contributed by atoms with Crippen molar-refractivity contribution in [3.63, 3.8) is 0 Å². The van der Waals surface area contributed by atoms with Crippen LogP contribution in [0, 0.1) is 11.3 Å². The Kier molecular flexibility index (Phi) is 3.77. The molecule has 0 amide bonds. The molecule has 0 aliphatic rings. The molecule has 2 aromatic rings. The summed E-state index contributed by atoms with van der Waals surface area (Å²) in [6.45, 7) is 0.683. The fraction of sp³-hybridized carbons (Fsp3) is 0.143. The number of benzene rings is 1. The van der Waals surface area contributed by atoms with E-state index in [1.54, 1.807) is 6.07 Å². The Hall–Kier alpha value is -2.54. The van der Waals surface area contributed by atoms with Gasteiger partial charge in [-0.05, 0) is 18.1 Å². The third-order valence-electron chi connectivity index (χ3n) is 2.64. The lowest BCUT2D eigenvalue weighted by atomic mass is 10.1. The second-order valence-corrected chi connectivity index (χ2v) is 3.87. The third-order valence-corrected chi connectivity index (χ3v) is 2.64. The van der Waals surface area contributed by atoms with Gasteiger partial charge in [0.05, 0.1) is 5.69 Å². The average molecular weight is 239 g/mol. The molecule has 0 unspecified atom stereocenters. The van der Waals surface area contributed by atoms with E-state index in [1.165, 1.54) is 11.8 Å². The van der Waals surface area contributed by atoms with E-state index in [2.05, 4.69) is 10.3 Å². The van der Waals surface area contributed by atoms with E-state index in [-0.39, 0.29) is 11.1 Å². The summed E-state index contributed by atoms with van der Waals surface area (Å²) in [5, 5.41) is 12.0. The van der Waals surface area contributed by atoms with Gasteiger partial charge in [-0.2, -0.15) is 5.26 Å². The number of nitriles is 1. The van der Waals surface area contributed by atoms with Crippen LogP contribution in [0.1, 0.15) is 11.1 Å². The molecule has 4 nitrogen and oxygen atoms in total. The maximum Gasteiger partial charge on any atom is 0.267 e. The van der Waals surface area contributed by atoms with Gasteiger partial charge in [-0.3, -0.25) is 4.79 Å². The molecule has 0 spiro atoms. The van der Waals surface area contributed by atoms with E-state index in [0.29, 0.717) is 12.2 Å². The van der Waals surface area contributed by atoms with Gasteiger partial charge in [0.2, 0.25) is 0 Å². The molecule has 0 bridgehead atoms. The fourth-order valence-electron chi connectivity index (χ4n) is 1.72. The average Bonchev–Trinajstić information content (AvgIpc) is 2.40. The number of rotatable bonds is 4. The molecule has 0 radical (unpaired) electrons. The summed E-state index contributed by atoms with van der Waals surface area (Å²) < 4.78 is 0. The second kappa shape index (κ2) is 5.69. The van der Waals surface area contributed by atoms with Crippen LogP contribution in [0.4, 0.5) is 5.69 Å². The van der Waals surface area contributed by atoms with Crippen LogP contribution in [0.15, 0.2) is 47.4 Å². The quantitative estimate of drug-likeness (QED) is 0.856. The van der Waals surface area contributed by atoms with Crippen LogP contribution in [-0.4, -0.2) is 11.5 Å². The van der Waals surface area contributed by atoms with Gasteiger partial charge >= 0.3 is 0 Å². The van der Waals surface area contributed by atoms with Gasteiger partial charge in [-0.25, -0.2) is 0 Å². The third kappa shape index (κ3) is 2.77. The zero-order chi connectivity index (χ0) is 12.8. The first-order valence-corrected chi connectivity index (χ1v) is 5.71. The maximum absolute atomic E-state index is 11.4. The molecule has 2 rings (SSSR count). The van der Waals surface area contributed by atoms with Crippen molar-refractivity contribution >= 4 is 5.69 Å². The molecule has 90 valence electrons. The zero-order valence-electron chi connectivity index (χ0n) is 9.81. The van der Waals surface area contributed by atoms with Crippen molar-refractivity contribution in [2.75, 3.05) is 11.9 Å². The van der Waals surface area contributed by atoms with Crippen molar-refractivity contribution < 1.29 is 0 Å². The molecule has 0 aliphatic heterocycles. The van der Waals surface area contributed by atoms with Crippen molar-refractivity contribution in [3.8, 4) is 6.07 Å². The first-order chi connectivity index (χ1) is 8.81. The van der Waals surface area contributed by atoms with E-state index < -0.39 is 0 Å². The summed E-state index contributed by atoms with van der Waals surface area (Å²) in [5.41, 5.74) is 1.57. The molecule has 0 aliphatic carbocycles. The van der Waals surface area contributed by atoms with Crippen LogP contribution in [-0.2, 0) is 6.42 Å². The molecular formula is C14H13N3O. The first kappa shape index (κ1) is 11.9. The number of hydrogen-bond acceptors (Lipinski definition) is 3. The summed E-state index contributed by atoms with van der Waals surface area (Å²) in [4.78, 5) is 13.9. The van der Waals surface area contributed by atoms with Crippen molar-refractivity contribution in [1.29, 1.82) is 5.26 Å². The molecule has 18 heavy (non-hydrogen) atoms. The highest BCUT2D eigenvalue weighted by atomic mass is 16.1. The minimum atomic E-state index is -0.359. The van der Waals surface area contributed by atoms with Crippen LogP contribution >= 0.6 is 0 Å². The first-order valence-electron chi connectivity index (χ1n) is 5.71. The van der Waals surface area contributed by atoms with Crippen molar-refractivity contribution in [3.05, 3.63) is 64.1 Å². The lowest BCUT2D eigenvalue weighted by Gasteiger charge is -2.07. The Morgan fingerprint density at radius 1 is 1.22 bits per heavy atom. The van der Waals surface area contributed by atoms with Crippen LogP contribution < -0.4 is 10.9 Å². The number of aromatic nitrogens is 1. The smallest absolute Gasteiger partial charge is 0.267 e. The molecule has 1 heterocycles. The predicted molar refractivity (Wildman–Crippen MR) is 70.4 cm³/mol. The topological polar surface area (TPSA) is 68.7 Å². The Bertz CT molecular complexity index is 611. The predicted octanol–water partition coefficient (Wildman–Crippen LogP) is 1.90. The second-order valence-electron chi connectivity index (χ2n) is 3.87. The van der Waals surface area contributed by atoms with Gasteiger partial charge in [0.15, 0.2) is 0 Å². The van der Waals surface area contributed by atoms with E-state index in [9.17, 15) is 4.79 Å². The Labute approximate surface area is 105 Å². The van der Waals surface area contributed by atoms with Gasteiger partial charge in [0.1, 0.15) is 11.6 Å². The summed E-state index contributed by atoms with van der Waals surface area (Å²) in [6, 6.07) is 13.7. The van der Waals surface area contributed by atoms with Gasteiger partial charge < -0.3 is 10.3 Å². The monoisotopic (exact) mass is 239 g/mol. The van der Waals surface area contributed by atoms with E-state index >= 15 is 0 Å². The van der Waals surface area contributed by atoms with Gasteiger partial charge in [0.25, 0.3) is 5.56 Å². The number of hydrogen-bond donors (Lipinski definition) is 2. The minimum absolute atomic E-state index is 0.130. The van der Waals surface area contributed by atoms with E-state index in [4.69, 9.17) is 5.26 Å². The molecule has 2 N–H and O–H groups in total. The highest BCUT2D eigenvalue weighted by Crippen LogP contribution is 2.08. The molecular weight excluding hydrogens is 226 g/mol. The van der Waals surface area contributed by atoms with Crippen LogP contribution in [0.25, 0.3) is 0 Å². The molecule has 1 aromatic carbocycles. The molecule has 0 atom stereocenters. The number of pyridine rings is 1. The summed E-state index contributed by atoms with van der Waals surface area (Å²) in [5.74, 6) is 0. The maximum atomic E-state index is 11.4. The summed E-state index contributed by atoms with van der Waals surface area (Å²) in [6.07, 6.45) is 2.38. The molecule has 0 saturated carbocycles. The van der Waals surface area contributed by atoms with Gasteiger partial charge in [0, 0.05) is 12.7 Å².